The van der Waals surface area contributed by atoms with E-state index < -0.39 is 0 Å². The first-order chi connectivity index (χ1) is 4.83. The predicted molar refractivity (Wildman–Crippen MR) is 45.8 cm³/mol. The minimum absolute atomic E-state index is 1.26. The second-order valence-corrected chi connectivity index (χ2v) is 3.25. The van der Waals surface area contributed by atoms with E-state index in [1.54, 1.807) is 11.5 Å². The first-order valence-corrected chi connectivity index (χ1v) is 4.32. The lowest BCUT2D eigenvalue weighted by atomic mass is 9.87. The minimum Gasteiger partial charge on any atom is -0.0850 e. The average Bonchev–Trinajstić information content (AvgIpc) is 1.95. The van der Waals surface area contributed by atoms with Crippen LogP contribution >= 0.6 is 0 Å². The quantitative estimate of drug-likeness (QED) is 0.511. The minimum atomic E-state index is 1.26. The first kappa shape index (κ1) is 7.84. The Balaban J connectivity index is 2.27. The number of hydrogen-bond donors (Lipinski definition) is 0. The van der Waals surface area contributed by atoms with Crippen LogP contribution in [-0.4, -0.2) is 0 Å². The van der Waals surface area contributed by atoms with Crippen molar-refractivity contribution in [3.8, 4) is 0 Å². The van der Waals surface area contributed by atoms with Crippen LogP contribution in [0.4, 0.5) is 0 Å². The predicted octanol–water partition coefficient (Wildman–Crippen LogP) is 3.49. The average molecular weight is 137 g/mol. The summed E-state index contributed by atoms with van der Waals surface area (Å²) in [7, 11) is 0. The molecule has 0 spiro atoms. The summed E-state index contributed by atoms with van der Waals surface area (Å²) in [6.45, 7) is 4.50. The van der Waals surface area contributed by atoms with Crippen molar-refractivity contribution in [2.75, 3.05) is 0 Å². The van der Waals surface area contributed by atoms with Crippen LogP contribution in [-0.2, 0) is 0 Å². The van der Waals surface area contributed by atoms with Gasteiger partial charge in [-0.1, -0.05) is 25.0 Å². The Morgan fingerprint density at radius 1 is 1.40 bits per heavy atom. The van der Waals surface area contributed by atoms with E-state index in [1.165, 1.54) is 32.1 Å². The Bertz CT molecular complexity index is 122. The summed E-state index contributed by atoms with van der Waals surface area (Å²) >= 11 is 0. The standard InChI is InChI=1S/C10H17/c1-3-4-10-7-5-9(2)6-8-10/h5H,3-4,6-8H2,1-2H3. The van der Waals surface area contributed by atoms with Crippen LogP contribution in [0.15, 0.2) is 11.6 Å². The molecule has 0 aromatic heterocycles. The molecule has 1 aliphatic carbocycles. The van der Waals surface area contributed by atoms with Crippen molar-refractivity contribution in [3.63, 3.8) is 0 Å². The molecule has 0 heterocycles. The van der Waals surface area contributed by atoms with Crippen LogP contribution in [0.25, 0.3) is 0 Å². The molecule has 0 unspecified atom stereocenters. The largest absolute Gasteiger partial charge is 0.0850 e. The molecule has 0 aromatic carbocycles. The molecular formula is C10H17. The van der Waals surface area contributed by atoms with Gasteiger partial charge in [0.25, 0.3) is 0 Å². The third kappa shape index (κ3) is 2.17. The van der Waals surface area contributed by atoms with Gasteiger partial charge in [0, 0.05) is 0 Å². The highest BCUT2D eigenvalue weighted by atomic mass is 14.2. The topological polar surface area (TPSA) is 0 Å². The SMILES string of the molecule is CCC[C]1CC=C(C)CC1. The molecule has 57 valence electrons. The van der Waals surface area contributed by atoms with E-state index in [0.29, 0.717) is 0 Å². The molecule has 0 fully saturated rings. The van der Waals surface area contributed by atoms with Gasteiger partial charge in [0.2, 0.25) is 0 Å². The zero-order valence-corrected chi connectivity index (χ0v) is 7.11. The van der Waals surface area contributed by atoms with Crippen LogP contribution in [0.1, 0.15) is 46.0 Å². The summed E-state index contributed by atoms with van der Waals surface area (Å²) in [5.74, 6) is 1.76. The Kier molecular flexibility index (Phi) is 2.98. The van der Waals surface area contributed by atoms with Crippen molar-refractivity contribution >= 4 is 0 Å². The second kappa shape index (κ2) is 3.80. The maximum absolute atomic E-state index is 2.38. The molecule has 0 saturated carbocycles. The molecule has 1 rings (SSSR count). The van der Waals surface area contributed by atoms with Gasteiger partial charge in [-0.2, -0.15) is 0 Å². The van der Waals surface area contributed by atoms with E-state index in [1.807, 2.05) is 0 Å². The fourth-order valence-electron chi connectivity index (χ4n) is 1.48. The Hall–Kier alpha value is -0.260. The van der Waals surface area contributed by atoms with Crippen molar-refractivity contribution in [1.82, 2.24) is 0 Å². The molecule has 0 atom stereocenters. The second-order valence-electron chi connectivity index (χ2n) is 3.25. The zero-order chi connectivity index (χ0) is 7.40. The maximum atomic E-state index is 2.38. The maximum Gasteiger partial charge on any atom is -0.0200 e. The van der Waals surface area contributed by atoms with Crippen molar-refractivity contribution in [1.29, 1.82) is 0 Å². The lowest BCUT2D eigenvalue weighted by molar-refractivity contribution is 0.652. The highest BCUT2D eigenvalue weighted by molar-refractivity contribution is 5.11. The fraction of sp³-hybridized carbons (Fsp3) is 0.700. The molecule has 0 N–H and O–H groups in total. The van der Waals surface area contributed by atoms with Crippen LogP contribution in [0.2, 0.25) is 0 Å². The zero-order valence-electron chi connectivity index (χ0n) is 7.11. The summed E-state index contributed by atoms with van der Waals surface area (Å²) in [6, 6.07) is 0. The fourth-order valence-corrected chi connectivity index (χ4v) is 1.48. The molecular weight excluding hydrogens is 120 g/mol. The van der Waals surface area contributed by atoms with Crippen molar-refractivity contribution in [3.05, 3.63) is 17.6 Å². The molecule has 0 bridgehead atoms. The van der Waals surface area contributed by atoms with E-state index in [4.69, 9.17) is 0 Å². The molecule has 0 heteroatoms. The highest BCUT2D eigenvalue weighted by Gasteiger charge is 2.10. The van der Waals surface area contributed by atoms with Gasteiger partial charge in [-0.25, -0.2) is 0 Å². The number of allylic oxidation sites excluding steroid dienone is 2. The Morgan fingerprint density at radius 3 is 2.70 bits per heavy atom. The summed E-state index contributed by atoms with van der Waals surface area (Å²) in [6.07, 6.45) is 8.99. The van der Waals surface area contributed by atoms with Crippen LogP contribution in [0, 0.1) is 5.92 Å². The summed E-state index contributed by atoms with van der Waals surface area (Å²) in [5, 5.41) is 0. The van der Waals surface area contributed by atoms with Crippen molar-refractivity contribution in [2.45, 2.75) is 46.0 Å². The smallest absolute Gasteiger partial charge is 0.0200 e. The lowest BCUT2D eigenvalue weighted by Gasteiger charge is -2.18. The number of hydrogen-bond acceptors (Lipinski definition) is 0. The van der Waals surface area contributed by atoms with Gasteiger partial charge in [-0.3, -0.25) is 0 Å². The molecule has 0 nitrogen and oxygen atoms in total. The van der Waals surface area contributed by atoms with Gasteiger partial charge in [-0.15, -0.1) is 0 Å². The van der Waals surface area contributed by atoms with Gasteiger partial charge in [0.1, 0.15) is 0 Å². The van der Waals surface area contributed by atoms with Crippen LogP contribution < -0.4 is 0 Å². The van der Waals surface area contributed by atoms with E-state index in [9.17, 15) is 0 Å². The number of rotatable bonds is 2. The molecule has 0 aliphatic heterocycles. The molecule has 0 aromatic rings. The third-order valence-electron chi connectivity index (χ3n) is 2.22. The third-order valence-corrected chi connectivity index (χ3v) is 2.22. The van der Waals surface area contributed by atoms with E-state index in [-0.39, 0.29) is 0 Å². The molecule has 0 amide bonds. The van der Waals surface area contributed by atoms with Gasteiger partial charge >= 0.3 is 0 Å². The van der Waals surface area contributed by atoms with Crippen molar-refractivity contribution in [2.24, 2.45) is 0 Å². The highest BCUT2D eigenvalue weighted by Crippen LogP contribution is 2.28. The van der Waals surface area contributed by atoms with Gasteiger partial charge < -0.3 is 0 Å². The molecule has 0 saturated heterocycles. The first-order valence-electron chi connectivity index (χ1n) is 4.32. The Labute approximate surface area is 64.3 Å². The lowest BCUT2D eigenvalue weighted by Crippen LogP contribution is -2.01. The van der Waals surface area contributed by atoms with Crippen LogP contribution in [0.3, 0.4) is 0 Å². The molecule has 10 heavy (non-hydrogen) atoms. The van der Waals surface area contributed by atoms with E-state index >= 15 is 0 Å². The van der Waals surface area contributed by atoms with Crippen molar-refractivity contribution < 1.29 is 0 Å². The molecule has 1 aliphatic rings. The normalized spacial score (nSPS) is 20.8. The Morgan fingerprint density at radius 2 is 2.20 bits per heavy atom. The van der Waals surface area contributed by atoms with Crippen LogP contribution in [0.5, 0.6) is 0 Å². The van der Waals surface area contributed by atoms with Gasteiger partial charge in [0.15, 0.2) is 0 Å². The van der Waals surface area contributed by atoms with E-state index in [2.05, 4.69) is 19.9 Å². The van der Waals surface area contributed by atoms with E-state index in [0.717, 1.165) is 0 Å². The van der Waals surface area contributed by atoms with Gasteiger partial charge in [-0.05, 0) is 38.5 Å². The molecule has 1 radical (unpaired) electrons. The monoisotopic (exact) mass is 137 g/mol. The summed E-state index contributed by atoms with van der Waals surface area (Å²) in [5.41, 5.74) is 1.58. The summed E-state index contributed by atoms with van der Waals surface area (Å²) < 4.78 is 0. The van der Waals surface area contributed by atoms with Gasteiger partial charge in [0.05, 0.1) is 0 Å². The summed E-state index contributed by atoms with van der Waals surface area (Å²) in [4.78, 5) is 0.